The van der Waals surface area contributed by atoms with Gasteiger partial charge in [-0.2, -0.15) is 0 Å². The van der Waals surface area contributed by atoms with Gasteiger partial charge >= 0.3 is 5.97 Å². The molecule has 0 saturated carbocycles. The van der Waals surface area contributed by atoms with E-state index in [9.17, 15) is 9.59 Å². The van der Waals surface area contributed by atoms with E-state index in [1.54, 1.807) is 24.3 Å². The first-order valence-electron chi connectivity index (χ1n) is 7.40. The molecule has 0 unspecified atom stereocenters. The number of nitrogens with zero attached hydrogens (tertiary/aromatic N) is 1. The Labute approximate surface area is 142 Å². The van der Waals surface area contributed by atoms with Crippen LogP contribution in [-0.4, -0.2) is 28.7 Å². The Bertz CT molecular complexity index is 889. The summed E-state index contributed by atoms with van der Waals surface area (Å²) in [6, 6.07) is 17.3. The summed E-state index contributed by atoms with van der Waals surface area (Å²) in [5, 5.41) is 15.2. The lowest BCUT2D eigenvalue weighted by molar-refractivity contribution is -0.139. The Hall–Kier alpha value is -3.61. The third-order valence-corrected chi connectivity index (χ3v) is 3.26. The number of carboxylic acids is 1. The summed E-state index contributed by atoms with van der Waals surface area (Å²) in [6.07, 6.45) is 0. The van der Waals surface area contributed by atoms with Crippen LogP contribution in [0.1, 0.15) is 10.6 Å². The molecule has 0 aliphatic heterocycles. The summed E-state index contributed by atoms with van der Waals surface area (Å²) >= 11 is 0. The van der Waals surface area contributed by atoms with Crippen molar-refractivity contribution in [2.75, 3.05) is 11.9 Å². The van der Waals surface area contributed by atoms with Gasteiger partial charge in [-0.1, -0.05) is 41.6 Å². The van der Waals surface area contributed by atoms with Gasteiger partial charge in [-0.3, -0.25) is 4.79 Å². The van der Waals surface area contributed by atoms with E-state index in [0.717, 1.165) is 5.56 Å². The van der Waals surface area contributed by atoms with Crippen LogP contribution in [0, 0.1) is 0 Å². The lowest BCUT2D eigenvalue weighted by Crippen LogP contribution is -2.12. The molecule has 7 heteroatoms. The fourth-order valence-electron chi connectivity index (χ4n) is 2.13. The van der Waals surface area contributed by atoms with Crippen LogP contribution in [0.25, 0.3) is 11.3 Å². The van der Waals surface area contributed by atoms with Gasteiger partial charge in [-0.15, -0.1) is 0 Å². The predicted molar refractivity (Wildman–Crippen MR) is 89.5 cm³/mol. The monoisotopic (exact) mass is 338 g/mol. The zero-order valence-corrected chi connectivity index (χ0v) is 13.0. The molecule has 0 radical (unpaired) electrons. The van der Waals surface area contributed by atoms with Crippen LogP contribution in [0.4, 0.5) is 5.69 Å². The van der Waals surface area contributed by atoms with Crippen LogP contribution in [-0.2, 0) is 4.79 Å². The molecule has 7 nitrogen and oxygen atoms in total. The lowest BCUT2D eigenvalue weighted by atomic mass is 10.1. The van der Waals surface area contributed by atoms with Gasteiger partial charge in [0.05, 0.1) is 0 Å². The number of amides is 1. The number of aromatic nitrogens is 1. The number of carbonyl (C=O) groups is 2. The van der Waals surface area contributed by atoms with Gasteiger partial charge < -0.3 is 19.7 Å². The van der Waals surface area contributed by atoms with E-state index in [2.05, 4.69) is 10.5 Å². The molecule has 126 valence electrons. The van der Waals surface area contributed by atoms with E-state index >= 15 is 0 Å². The van der Waals surface area contributed by atoms with Crippen LogP contribution >= 0.6 is 0 Å². The molecule has 1 amide bonds. The third kappa shape index (κ3) is 4.23. The highest BCUT2D eigenvalue weighted by Crippen LogP contribution is 2.21. The molecule has 3 rings (SSSR count). The molecule has 3 aromatic rings. The van der Waals surface area contributed by atoms with Gasteiger partial charge in [0.15, 0.2) is 6.61 Å². The molecule has 25 heavy (non-hydrogen) atoms. The third-order valence-electron chi connectivity index (χ3n) is 3.26. The first-order valence-corrected chi connectivity index (χ1v) is 7.40. The second kappa shape index (κ2) is 7.31. The minimum absolute atomic E-state index is 0.0655. The van der Waals surface area contributed by atoms with Crippen LogP contribution in [0.2, 0.25) is 0 Å². The highest BCUT2D eigenvalue weighted by Gasteiger charge is 2.14. The largest absolute Gasteiger partial charge is 0.482 e. The summed E-state index contributed by atoms with van der Waals surface area (Å²) in [4.78, 5) is 22.8. The topological polar surface area (TPSA) is 102 Å². The maximum atomic E-state index is 12.3. The molecule has 2 aromatic carbocycles. The summed E-state index contributed by atoms with van der Waals surface area (Å²) in [5.41, 5.74) is 1.85. The Balaban J connectivity index is 1.69. The van der Waals surface area contributed by atoms with E-state index in [1.165, 1.54) is 6.07 Å². The Morgan fingerprint density at radius 3 is 2.64 bits per heavy atom. The second-order valence-corrected chi connectivity index (χ2v) is 5.11. The maximum absolute atomic E-state index is 12.3. The second-order valence-electron chi connectivity index (χ2n) is 5.11. The molecule has 0 aliphatic carbocycles. The molecule has 1 heterocycles. The number of benzene rings is 2. The summed E-state index contributed by atoms with van der Waals surface area (Å²) in [7, 11) is 0. The van der Waals surface area contributed by atoms with Crippen molar-refractivity contribution in [1.29, 1.82) is 0 Å². The molecule has 0 fully saturated rings. The Morgan fingerprint density at radius 1 is 1.08 bits per heavy atom. The van der Waals surface area contributed by atoms with E-state index < -0.39 is 18.5 Å². The number of hydrogen-bond acceptors (Lipinski definition) is 5. The summed E-state index contributed by atoms with van der Waals surface area (Å²) < 4.78 is 10.2. The minimum Gasteiger partial charge on any atom is -0.482 e. The van der Waals surface area contributed by atoms with E-state index in [-0.39, 0.29) is 5.76 Å². The molecular weight excluding hydrogens is 324 g/mol. The Morgan fingerprint density at radius 2 is 1.88 bits per heavy atom. The number of rotatable bonds is 6. The summed E-state index contributed by atoms with van der Waals surface area (Å²) in [6.45, 7) is -0.458. The van der Waals surface area contributed by atoms with Gasteiger partial charge in [-0.25, -0.2) is 4.79 Å². The zero-order chi connectivity index (χ0) is 17.6. The lowest BCUT2D eigenvalue weighted by Gasteiger charge is -2.06. The molecule has 0 spiro atoms. The predicted octanol–water partition coefficient (Wildman–Crippen LogP) is 3.06. The van der Waals surface area contributed by atoms with Crippen molar-refractivity contribution in [2.24, 2.45) is 0 Å². The van der Waals surface area contributed by atoms with Gasteiger partial charge in [0.2, 0.25) is 5.76 Å². The quantitative estimate of drug-likeness (QED) is 0.716. The number of ether oxygens (including phenoxy) is 1. The zero-order valence-electron chi connectivity index (χ0n) is 13.0. The first-order chi connectivity index (χ1) is 12.1. The number of carboxylic acid groups (broad SMARTS) is 1. The Kier molecular flexibility index (Phi) is 4.75. The van der Waals surface area contributed by atoms with Crippen LogP contribution in [0.15, 0.2) is 65.2 Å². The molecule has 1 aromatic heterocycles. The molecule has 0 bridgehead atoms. The fraction of sp³-hybridized carbons (Fsp3) is 0.0556. The molecule has 0 saturated heterocycles. The fourth-order valence-corrected chi connectivity index (χ4v) is 2.13. The number of hydrogen-bond donors (Lipinski definition) is 2. The SMILES string of the molecule is O=C(O)COc1cccc(NC(=O)c2cc(-c3ccccc3)no2)c1. The maximum Gasteiger partial charge on any atom is 0.341 e. The van der Waals surface area contributed by atoms with Crippen LogP contribution in [0.3, 0.4) is 0 Å². The van der Waals surface area contributed by atoms with E-state index in [0.29, 0.717) is 17.1 Å². The molecule has 0 aliphatic rings. The number of carbonyl (C=O) groups excluding carboxylic acids is 1. The average molecular weight is 338 g/mol. The van der Waals surface area contributed by atoms with Gasteiger partial charge in [-0.05, 0) is 12.1 Å². The molecule has 0 atom stereocenters. The van der Waals surface area contributed by atoms with Crippen molar-refractivity contribution in [3.8, 4) is 17.0 Å². The van der Waals surface area contributed by atoms with E-state index in [4.69, 9.17) is 14.4 Å². The highest BCUT2D eigenvalue weighted by molar-refractivity contribution is 6.02. The smallest absolute Gasteiger partial charge is 0.341 e. The first kappa shape index (κ1) is 16.3. The van der Waals surface area contributed by atoms with Crippen molar-refractivity contribution in [2.45, 2.75) is 0 Å². The summed E-state index contributed by atoms with van der Waals surface area (Å²) in [5.74, 6) is -1.15. The average Bonchev–Trinajstić information content (AvgIpc) is 3.11. The van der Waals surface area contributed by atoms with Crippen molar-refractivity contribution < 1.29 is 24.0 Å². The van der Waals surface area contributed by atoms with Crippen molar-refractivity contribution in [3.63, 3.8) is 0 Å². The molecule has 2 N–H and O–H groups in total. The van der Waals surface area contributed by atoms with Crippen molar-refractivity contribution >= 4 is 17.6 Å². The molecular formula is C18H14N2O5. The standard InChI is InChI=1S/C18H14N2O5/c21-17(22)11-24-14-8-4-7-13(9-14)19-18(23)16-10-15(20-25-16)12-5-2-1-3-6-12/h1-10H,11H2,(H,19,23)(H,21,22). The number of aliphatic carboxylic acids is 1. The highest BCUT2D eigenvalue weighted by atomic mass is 16.5. The number of nitrogens with one attached hydrogen (secondary N) is 1. The normalized spacial score (nSPS) is 10.2. The van der Waals surface area contributed by atoms with Gasteiger partial charge in [0, 0.05) is 23.4 Å². The minimum atomic E-state index is -1.08. The van der Waals surface area contributed by atoms with Crippen molar-refractivity contribution in [3.05, 3.63) is 66.4 Å². The van der Waals surface area contributed by atoms with Gasteiger partial charge in [0.1, 0.15) is 11.4 Å². The van der Waals surface area contributed by atoms with Crippen LogP contribution in [0.5, 0.6) is 5.75 Å². The number of anilines is 1. The van der Waals surface area contributed by atoms with Crippen LogP contribution < -0.4 is 10.1 Å². The van der Waals surface area contributed by atoms with E-state index in [1.807, 2.05) is 30.3 Å². The van der Waals surface area contributed by atoms with Crippen molar-refractivity contribution in [1.82, 2.24) is 5.16 Å². The van der Waals surface area contributed by atoms with Gasteiger partial charge in [0.25, 0.3) is 5.91 Å².